The van der Waals surface area contributed by atoms with Gasteiger partial charge < -0.3 is 14.5 Å². The normalized spacial score (nSPS) is 21.9. The fourth-order valence-corrected chi connectivity index (χ4v) is 3.51. The van der Waals surface area contributed by atoms with Gasteiger partial charge >= 0.3 is 0 Å². The molecule has 132 valence electrons. The van der Waals surface area contributed by atoms with Gasteiger partial charge in [-0.3, -0.25) is 4.79 Å². The molecule has 5 nitrogen and oxygen atoms in total. The lowest BCUT2D eigenvalue weighted by Gasteiger charge is -2.31. The van der Waals surface area contributed by atoms with Crippen LogP contribution in [0.5, 0.6) is 0 Å². The van der Waals surface area contributed by atoms with Gasteiger partial charge in [-0.2, -0.15) is 0 Å². The fraction of sp³-hybridized carbons (Fsp3) is 0.684. The molecule has 0 radical (unpaired) electrons. The molecule has 1 aromatic heterocycles. The Labute approximate surface area is 145 Å². The predicted octanol–water partition coefficient (Wildman–Crippen LogP) is 2.82. The number of hydrogen-bond acceptors (Lipinski definition) is 4. The minimum Gasteiger partial charge on any atom is -0.381 e. The van der Waals surface area contributed by atoms with E-state index in [1.807, 2.05) is 24.0 Å². The summed E-state index contributed by atoms with van der Waals surface area (Å²) in [5.74, 6) is 2.35. The molecule has 0 aromatic carbocycles. The first kappa shape index (κ1) is 17.2. The van der Waals surface area contributed by atoms with Crippen molar-refractivity contribution in [2.75, 3.05) is 44.3 Å². The van der Waals surface area contributed by atoms with Crippen LogP contribution in [-0.2, 0) is 4.74 Å². The van der Waals surface area contributed by atoms with Crippen molar-refractivity contribution in [3.63, 3.8) is 0 Å². The summed E-state index contributed by atoms with van der Waals surface area (Å²) in [6.45, 7) is 9.55. The molecule has 1 aromatic rings. The van der Waals surface area contributed by atoms with Crippen LogP contribution in [0.3, 0.4) is 0 Å². The van der Waals surface area contributed by atoms with Gasteiger partial charge in [-0.1, -0.05) is 6.92 Å². The highest BCUT2D eigenvalue weighted by Gasteiger charge is 2.23. The first-order valence-electron chi connectivity index (χ1n) is 9.25. The third-order valence-electron chi connectivity index (χ3n) is 5.27. The number of hydrogen-bond donors (Lipinski definition) is 0. The zero-order chi connectivity index (χ0) is 16.9. The lowest BCUT2D eigenvalue weighted by atomic mass is 9.99. The van der Waals surface area contributed by atoms with Crippen molar-refractivity contribution in [1.82, 2.24) is 9.88 Å². The lowest BCUT2D eigenvalue weighted by molar-refractivity contribution is 0.0730. The highest BCUT2D eigenvalue weighted by Crippen LogP contribution is 2.22. The van der Waals surface area contributed by atoms with E-state index in [0.29, 0.717) is 11.5 Å². The Balaban J connectivity index is 1.61. The van der Waals surface area contributed by atoms with Crippen LogP contribution in [0.4, 0.5) is 5.82 Å². The van der Waals surface area contributed by atoms with E-state index in [4.69, 9.17) is 4.74 Å². The van der Waals surface area contributed by atoms with Gasteiger partial charge in [0, 0.05) is 44.9 Å². The number of rotatable bonds is 5. The van der Waals surface area contributed by atoms with Gasteiger partial charge in [-0.25, -0.2) is 4.98 Å². The number of pyridine rings is 1. The van der Waals surface area contributed by atoms with Crippen molar-refractivity contribution in [2.45, 2.75) is 33.1 Å². The highest BCUT2D eigenvalue weighted by molar-refractivity contribution is 5.94. The van der Waals surface area contributed by atoms with Gasteiger partial charge in [0.2, 0.25) is 0 Å². The van der Waals surface area contributed by atoms with Crippen LogP contribution >= 0.6 is 0 Å². The quantitative estimate of drug-likeness (QED) is 0.832. The molecule has 1 atom stereocenters. The maximum Gasteiger partial charge on any atom is 0.255 e. The molecule has 0 bridgehead atoms. The summed E-state index contributed by atoms with van der Waals surface area (Å²) in [6, 6.07) is 3.92. The molecule has 2 fully saturated rings. The first-order valence-corrected chi connectivity index (χ1v) is 9.25. The molecule has 2 saturated heterocycles. The van der Waals surface area contributed by atoms with Crippen LogP contribution in [-0.4, -0.2) is 55.2 Å². The molecule has 0 N–H and O–H groups in total. The van der Waals surface area contributed by atoms with Crippen molar-refractivity contribution in [1.29, 1.82) is 0 Å². The average molecular weight is 331 g/mol. The summed E-state index contributed by atoms with van der Waals surface area (Å²) in [5.41, 5.74) is 0.685. The maximum absolute atomic E-state index is 12.7. The minimum atomic E-state index is 0.0794. The summed E-state index contributed by atoms with van der Waals surface area (Å²) >= 11 is 0. The Morgan fingerprint density at radius 2 is 2.12 bits per heavy atom. The molecule has 0 saturated carbocycles. The summed E-state index contributed by atoms with van der Waals surface area (Å²) < 4.78 is 5.42. The zero-order valence-corrected chi connectivity index (χ0v) is 14.9. The Hall–Kier alpha value is -1.62. The number of nitrogens with zero attached hydrogens (tertiary/aromatic N) is 3. The first-order chi connectivity index (χ1) is 11.7. The van der Waals surface area contributed by atoms with Gasteiger partial charge in [0.1, 0.15) is 5.82 Å². The van der Waals surface area contributed by atoms with Crippen molar-refractivity contribution in [3.8, 4) is 0 Å². The average Bonchev–Trinajstić information content (AvgIpc) is 3.13. The van der Waals surface area contributed by atoms with E-state index in [1.165, 1.54) is 12.8 Å². The smallest absolute Gasteiger partial charge is 0.255 e. The molecule has 2 aliphatic heterocycles. The molecule has 3 rings (SSSR count). The largest absolute Gasteiger partial charge is 0.381 e. The van der Waals surface area contributed by atoms with E-state index in [1.54, 1.807) is 6.20 Å². The molecule has 1 amide bonds. The third kappa shape index (κ3) is 4.07. The number of amides is 1. The van der Waals surface area contributed by atoms with Crippen molar-refractivity contribution >= 4 is 11.7 Å². The molecule has 24 heavy (non-hydrogen) atoms. The SMILES string of the molecule is CCN(C[C@@H]1CCOC1)C(=O)c1ccc(N2CCC(C)CC2)nc1. The number of ether oxygens (including phenoxy) is 1. The van der Waals surface area contributed by atoms with Crippen LogP contribution < -0.4 is 4.90 Å². The number of anilines is 1. The van der Waals surface area contributed by atoms with Gasteiger partial charge in [0.15, 0.2) is 0 Å². The van der Waals surface area contributed by atoms with Crippen LogP contribution in [0.15, 0.2) is 18.3 Å². The zero-order valence-electron chi connectivity index (χ0n) is 14.9. The second-order valence-corrected chi connectivity index (χ2v) is 7.15. The predicted molar refractivity (Wildman–Crippen MR) is 95.4 cm³/mol. The van der Waals surface area contributed by atoms with Gasteiger partial charge in [-0.05, 0) is 44.2 Å². The van der Waals surface area contributed by atoms with Gasteiger partial charge in [0.05, 0.1) is 12.2 Å². The molecule has 5 heteroatoms. The second-order valence-electron chi connectivity index (χ2n) is 7.15. The molecule has 2 aliphatic rings. The van der Waals surface area contributed by atoms with E-state index in [-0.39, 0.29) is 5.91 Å². The molecule has 0 aliphatic carbocycles. The summed E-state index contributed by atoms with van der Waals surface area (Å²) in [7, 11) is 0. The van der Waals surface area contributed by atoms with Crippen LogP contribution in [0.2, 0.25) is 0 Å². The fourth-order valence-electron chi connectivity index (χ4n) is 3.51. The third-order valence-corrected chi connectivity index (χ3v) is 5.27. The lowest BCUT2D eigenvalue weighted by Crippen LogP contribution is -2.36. The van der Waals surface area contributed by atoms with Crippen LogP contribution in [0.25, 0.3) is 0 Å². The van der Waals surface area contributed by atoms with Gasteiger partial charge in [-0.15, -0.1) is 0 Å². The highest BCUT2D eigenvalue weighted by atomic mass is 16.5. The van der Waals surface area contributed by atoms with E-state index >= 15 is 0 Å². The summed E-state index contributed by atoms with van der Waals surface area (Å²) in [5, 5.41) is 0. The second kappa shape index (κ2) is 7.97. The number of carbonyl (C=O) groups is 1. The molecule has 0 unspecified atom stereocenters. The summed E-state index contributed by atoms with van der Waals surface area (Å²) in [4.78, 5) is 21.5. The van der Waals surface area contributed by atoms with Crippen molar-refractivity contribution < 1.29 is 9.53 Å². The number of carbonyl (C=O) groups excluding carboxylic acids is 1. The number of aromatic nitrogens is 1. The monoisotopic (exact) mass is 331 g/mol. The molecule has 0 spiro atoms. The van der Waals surface area contributed by atoms with Gasteiger partial charge in [0.25, 0.3) is 5.91 Å². The Morgan fingerprint density at radius 1 is 1.33 bits per heavy atom. The summed E-state index contributed by atoms with van der Waals surface area (Å²) in [6.07, 6.45) is 5.22. The molecular formula is C19H29N3O2. The van der Waals surface area contributed by atoms with Crippen molar-refractivity contribution in [2.24, 2.45) is 11.8 Å². The minimum absolute atomic E-state index is 0.0794. The topological polar surface area (TPSA) is 45.7 Å². The molecule has 3 heterocycles. The Bertz CT molecular complexity index is 532. The number of piperidine rings is 1. The Kier molecular flexibility index (Phi) is 5.72. The van der Waals surface area contributed by atoms with Crippen LogP contribution in [0, 0.1) is 11.8 Å². The maximum atomic E-state index is 12.7. The molecular weight excluding hydrogens is 302 g/mol. The standard InChI is InChI=1S/C19H29N3O2/c1-3-21(13-16-8-11-24-14-16)19(23)17-4-5-18(20-12-17)22-9-6-15(2)7-10-22/h4-5,12,15-16H,3,6-11,13-14H2,1-2H3/t16-/m0/s1. The van der Waals surface area contributed by atoms with Crippen LogP contribution in [0.1, 0.15) is 43.5 Å². The van der Waals surface area contributed by atoms with E-state index < -0.39 is 0 Å². The van der Waals surface area contributed by atoms with E-state index in [2.05, 4.69) is 16.8 Å². The van der Waals surface area contributed by atoms with Crippen molar-refractivity contribution in [3.05, 3.63) is 23.9 Å². The van der Waals surface area contributed by atoms with E-state index in [9.17, 15) is 4.79 Å². The van der Waals surface area contributed by atoms with E-state index in [0.717, 1.165) is 57.5 Å². The Morgan fingerprint density at radius 3 is 2.71 bits per heavy atom.